The van der Waals surface area contributed by atoms with E-state index in [1.165, 1.54) is 0 Å². The van der Waals surface area contributed by atoms with Gasteiger partial charge >= 0.3 is 0 Å². The van der Waals surface area contributed by atoms with E-state index in [0.717, 1.165) is 27.8 Å². The lowest BCUT2D eigenvalue weighted by molar-refractivity contribution is -0.118. The van der Waals surface area contributed by atoms with Crippen molar-refractivity contribution in [1.29, 1.82) is 0 Å². The molecule has 0 bridgehead atoms. The molecule has 2 N–H and O–H groups in total. The Labute approximate surface area is 144 Å². The number of nitrogens with one attached hydrogen (secondary N) is 2. The van der Waals surface area contributed by atoms with Crippen LogP contribution in [0.15, 0.2) is 48.7 Å². The smallest absolute Gasteiger partial charge is 0.225 e. The molecule has 2 aromatic carbocycles. The molecule has 126 valence electrons. The predicted octanol–water partition coefficient (Wildman–Crippen LogP) is 3.04. The van der Waals surface area contributed by atoms with E-state index in [1.807, 2.05) is 42.5 Å². The number of aromatic amines is 1. The van der Waals surface area contributed by atoms with E-state index in [9.17, 15) is 9.59 Å². The summed E-state index contributed by atoms with van der Waals surface area (Å²) in [5.74, 6) is -0.0555. The molecule has 0 fully saturated rings. The number of nitrogens with zero attached hydrogens (tertiary/aromatic N) is 2. The van der Waals surface area contributed by atoms with E-state index in [4.69, 9.17) is 0 Å². The van der Waals surface area contributed by atoms with Gasteiger partial charge in [0.2, 0.25) is 11.8 Å². The molecule has 3 aromatic rings. The van der Waals surface area contributed by atoms with E-state index in [2.05, 4.69) is 15.5 Å². The molecule has 1 unspecified atom stereocenters. The Balaban J connectivity index is 1.50. The summed E-state index contributed by atoms with van der Waals surface area (Å²) >= 11 is 0. The molecule has 1 atom stereocenters. The lowest BCUT2D eigenvalue weighted by atomic mass is 9.97. The molecule has 0 saturated heterocycles. The van der Waals surface area contributed by atoms with Crippen LogP contribution in [0, 0.1) is 0 Å². The number of carbonyl (C=O) groups is 2. The summed E-state index contributed by atoms with van der Waals surface area (Å²) in [5.41, 5.74) is 3.58. The third-order valence-electron chi connectivity index (χ3n) is 4.61. The van der Waals surface area contributed by atoms with Crippen molar-refractivity contribution in [2.75, 3.05) is 16.8 Å². The molecule has 2 amide bonds. The van der Waals surface area contributed by atoms with Crippen LogP contribution in [0.25, 0.3) is 10.9 Å². The number of aromatic nitrogens is 2. The number of amides is 2. The third-order valence-corrected chi connectivity index (χ3v) is 4.61. The van der Waals surface area contributed by atoms with Crippen molar-refractivity contribution in [1.82, 2.24) is 10.2 Å². The summed E-state index contributed by atoms with van der Waals surface area (Å²) in [6.07, 6.45) is 2.08. The van der Waals surface area contributed by atoms with Crippen LogP contribution < -0.4 is 10.2 Å². The van der Waals surface area contributed by atoms with Crippen LogP contribution in [0.5, 0.6) is 0 Å². The van der Waals surface area contributed by atoms with Gasteiger partial charge < -0.3 is 10.2 Å². The first-order valence-electron chi connectivity index (χ1n) is 8.22. The van der Waals surface area contributed by atoms with Crippen LogP contribution in [0.3, 0.4) is 0 Å². The molecule has 1 aliphatic heterocycles. The third kappa shape index (κ3) is 2.87. The molecule has 4 rings (SSSR count). The molecule has 6 nitrogen and oxygen atoms in total. The first-order chi connectivity index (χ1) is 12.1. The second-order valence-corrected chi connectivity index (χ2v) is 6.31. The van der Waals surface area contributed by atoms with E-state index < -0.39 is 0 Å². The van der Waals surface area contributed by atoms with Crippen LogP contribution in [-0.4, -0.2) is 28.6 Å². The van der Waals surface area contributed by atoms with Gasteiger partial charge in [-0.1, -0.05) is 18.2 Å². The monoisotopic (exact) mass is 334 g/mol. The quantitative estimate of drug-likeness (QED) is 0.773. The lowest BCUT2D eigenvalue weighted by Gasteiger charge is -2.15. The Kier molecular flexibility index (Phi) is 3.72. The molecule has 6 heteroatoms. The van der Waals surface area contributed by atoms with Gasteiger partial charge in [-0.05, 0) is 29.8 Å². The van der Waals surface area contributed by atoms with Crippen LogP contribution in [0.4, 0.5) is 11.4 Å². The zero-order chi connectivity index (χ0) is 17.4. The molecule has 0 saturated carbocycles. The Hall–Kier alpha value is -3.15. The zero-order valence-corrected chi connectivity index (χ0v) is 13.8. The number of hydrogen-bond donors (Lipinski definition) is 2. The minimum atomic E-state index is -0.0657. The number of para-hydroxylation sites is 1. The van der Waals surface area contributed by atoms with Gasteiger partial charge in [-0.2, -0.15) is 5.10 Å². The zero-order valence-electron chi connectivity index (χ0n) is 13.8. The summed E-state index contributed by atoms with van der Waals surface area (Å²) in [4.78, 5) is 26.1. The van der Waals surface area contributed by atoms with Gasteiger partial charge in [0, 0.05) is 42.6 Å². The summed E-state index contributed by atoms with van der Waals surface area (Å²) in [5, 5.41) is 10.8. The van der Waals surface area contributed by atoms with E-state index in [1.54, 1.807) is 18.0 Å². The highest BCUT2D eigenvalue weighted by Crippen LogP contribution is 2.38. The van der Waals surface area contributed by atoms with E-state index >= 15 is 0 Å². The SMILES string of the molecule is CC(=O)N1CC(CC(=O)Nc2ccc3cn[nH]c3c2)c2ccccc21. The number of H-pyrrole nitrogens is 1. The summed E-state index contributed by atoms with van der Waals surface area (Å²) < 4.78 is 0. The van der Waals surface area contributed by atoms with E-state index in [0.29, 0.717) is 13.0 Å². The highest BCUT2D eigenvalue weighted by atomic mass is 16.2. The predicted molar refractivity (Wildman–Crippen MR) is 96.6 cm³/mol. The molecule has 2 heterocycles. The van der Waals surface area contributed by atoms with Gasteiger partial charge in [-0.15, -0.1) is 0 Å². The molecule has 25 heavy (non-hydrogen) atoms. The maximum atomic E-state index is 12.5. The maximum Gasteiger partial charge on any atom is 0.225 e. The molecule has 0 spiro atoms. The fourth-order valence-corrected chi connectivity index (χ4v) is 3.42. The van der Waals surface area contributed by atoms with Gasteiger partial charge in [0.25, 0.3) is 0 Å². The molecule has 1 aromatic heterocycles. The van der Waals surface area contributed by atoms with Crippen molar-refractivity contribution in [3.05, 3.63) is 54.2 Å². The fourth-order valence-electron chi connectivity index (χ4n) is 3.42. The Bertz CT molecular complexity index is 963. The van der Waals surface area contributed by atoms with Gasteiger partial charge in [-0.3, -0.25) is 14.7 Å². The minimum absolute atomic E-state index is 0.0000507. The van der Waals surface area contributed by atoms with Crippen LogP contribution in [0.2, 0.25) is 0 Å². The Morgan fingerprint density at radius 3 is 2.96 bits per heavy atom. The van der Waals surface area contributed by atoms with Gasteiger partial charge in [-0.25, -0.2) is 0 Å². The number of carbonyl (C=O) groups excluding carboxylic acids is 2. The van der Waals surface area contributed by atoms with Crippen molar-refractivity contribution < 1.29 is 9.59 Å². The number of benzene rings is 2. The highest BCUT2D eigenvalue weighted by molar-refractivity contribution is 5.97. The average molecular weight is 334 g/mol. The summed E-state index contributed by atoms with van der Waals surface area (Å²) in [7, 11) is 0. The summed E-state index contributed by atoms with van der Waals surface area (Å²) in [6.45, 7) is 2.10. The number of anilines is 2. The van der Waals surface area contributed by atoms with Crippen molar-refractivity contribution in [2.45, 2.75) is 19.3 Å². The Morgan fingerprint density at radius 2 is 2.12 bits per heavy atom. The topological polar surface area (TPSA) is 78.1 Å². The maximum absolute atomic E-state index is 12.5. The molecule has 0 radical (unpaired) electrons. The normalized spacial score (nSPS) is 16.0. The average Bonchev–Trinajstić information content (AvgIpc) is 3.19. The second-order valence-electron chi connectivity index (χ2n) is 6.31. The lowest BCUT2D eigenvalue weighted by Crippen LogP contribution is -2.28. The minimum Gasteiger partial charge on any atom is -0.326 e. The standard InChI is InChI=1S/C19H18N4O2/c1-12(24)23-11-14(16-4-2-3-5-18(16)23)8-19(25)21-15-7-6-13-10-20-22-17(13)9-15/h2-7,9-10,14H,8,11H2,1H3,(H,20,22)(H,21,25). The van der Waals surface area contributed by atoms with Gasteiger partial charge in [0.15, 0.2) is 0 Å². The highest BCUT2D eigenvalue weighted by Gasteiger charge is 2.31. The number of hydrogen-bond acceptors (Lipinski definition) is 3. The second kappa shape index (κ2) is 6.05. The van der Waals surface area contributed by atoms with Gasteiger partial charge in [0.1, 0.15) is 0 Å². The largest absolute Gasteiger partial charge is 0.326 e. The van der Waals surface area contributed by atoms with Crippen molar-refractivity contribution in [3.63, 3.8) is 0 Å². The first-order valence-corrected chi connectivity index (χ1v) is 8.22. The fraction of sp³-hybridized carbons (Fsp3) is 0.211. The molecular formula is C19H18N4O2. The molecule has 1 aliphatic rings. The number of fused-ring (bicyclic) bond motifs is 2. The van der Waals surface area contributed by atoms with Crippen LogP contribution in [-0.2, 0) is 9.59 Å². The Morgan fingerprint density at radius 1 is 1.28 bits per heavy atom. The van der Waals surface area contributed by atoms with Crippen LogP contribution >= 0.6 is 0 Å². The van der Waals surface area contributed by atoms with Crippen LogP contribution in [0.1, 0.15) is 24.8 Å². The number of rotatable bonds is 3. The van der Waals surface area contributed by atoms with Crippen molar-refractivity contribution in [2.24, 2.45) is 0 Å². The molecule has 0 aliphatic carbocycles. The van der Waals surface area contributed by atoms with Crippen molar-refractivity contribution in [3.8, 4) is 0 Å². The first kappa shape index (κ1) is 15.4. The van der Waals surface area contributed by atoms with Gasteiger partial charge in [0.05, 0.1) is 11.7 Å². The van der Waals surface area contributed by atoms with Crippen molar-refractivity contribution >= 4 is 34.1 Å². The molecular weight excluding hydrogens is 316 g/mol. The van der Waals surface area contributed by atoms with E-state index in [-0.39, 0.29) is 17.7 Å². The summed E-state index contributed by atoms with van der Waals surface area (Å²) in [6, 6.07) is 13.4.